The number of rotatable bonds is 3. The van der Waals surface area contributed by atoms with Crippen LogP contribution in [0.1, 0.15) is 17.3 Å². The summed E-state index contributed by atoms with van der Waals surface area (Å²) in [6.45, 7) is 4.44. The van der Waals surface area contributed by atoms with Gasteiger partial charge in [0.05, 0.1) is 11.3 Å². The van der Waals surface area contributed by atoms with E-state index in [9.17, 15) is 18.0 Å². The second kappa shape index (κ2) is 7.47. The minimum absolute atomic E-state index is 0.0419. The number of benzene rings is 1. The number of fused-ring (bicyclic) bond motifs is 1. The Morgan fingerprint density at radius 3 is 2.31 bits per heavy atom. The van der Waals surface area contributed by atoms with Crippen molar-refractivity contribution in [1.82, 2.24) is 9.80 Å². The molecule has 0 aliphatic carbocycles. The number of carbonyl (C=O) groups is 2. The maximum absolute atomic E-state index is 12.9. The first kappa shape index (κ1) is 19.4. The van der Waals surface area contributed by atoms with Gasteiger partial charge in [0.2, 0.25) is 0 Å². The Labute approximate surface area is 169 Å². The molecule has 0 radical (unpaired) electrons. The predicted molar refractivity (Wildman–Crippen MR) is 110 cm³/mol. The molecular weight excluding hydrogens is 392 g/mol. The number of Topliss-reactive ketones (excluding diaryl/α,β-unsaturated/α-hetero) is 1. The Bertz CT molecular complexity index is 1030. The second-order valence-corrected chi connectivity index (χ2v) is 8.98. The summed E-state index contributed by atoms with van der Waals surface area (Å²) in [4.78, 5) is 30.0. The molecule has 0 unspecified atom stereocenters. The van der Waals surface area contributed by atoms with Gasteiger partial charge in [0.25, 0.3) is 15.9 Å². The monoisotopic (exact) mass is 414 g/mol. The first-order chi connectivity index (χ1) is 13.8. The zero-order valence-corrected chi connectivity index (χ0v) is 16.9. The third-order valence-corrected chi connectivity index (χ3v) is 6.44. The maximum atomic E-state index is 12.9. The van der Waals surface area contributed by atoms with Crippen molar-refractivity contribution in [3.63, 3.8) is 0 Å². The van der Waals surface area contributed by atoms with Crippen LogP contribution in [-0.2, 0) is 14.8 Å². The summed E-state index contributed by atoms with van der Waals surface area (Å²) in [5.74, 6) is 0.274. The van der Waals surface area contributed by atoms with Gasteiger partial charge in [-0.2, -0.15) is 0 Å². The molecule has 4 rings (SSSR count). The van der Waals surface area contributed by atoms with Gasteiger partial charge in [0.15, 0.2) is 5.78 Å². The van der Waals surface area contributed by atoms with Crippen LogP contribution in [0.2, 0.25) is 0 Å². The molecule has 1 aromatic rings. The Hall–Kier alpha value is -2.94. The lowest BCUT2D eigenvalue weighted by Gasteiger charge is -2.37. The molecule has 152 valence electrons. The first-order valence-electron chi connectivity index (χ1n) is 9.47. The summed E-state index contributed by atoms with van der Waals surface area (Å²) in [7, 11) is -3.41. The van der Waals surface area contributed by atoms with Crippen molar-refractivity contribution in [2.45, 2.75) is 6.92 Å². The third-order valence-electron chi connectivity index (χ3n) is 5.28. The van der Waals surface area contributed by atoms with Crippen LogP contribution in [0.3, 0.4) is 0 Å². The molecule has 29 heavy (non-hydrogen) atoms. The van der Waals surface area contributed by atoms with Gasteiger partial charge in [-0.1, -0.05) is 0 Å². The van der Waals surface area contributed by atoms with E-state index in [0.717, 1.165) is 5.69 Å². The highest BCUT2D eigenvalue weighted by Gasteiger charge is 2.28. The number of sulfonamides is 1. The number of hydrogen-bond donors (Lipinski definition) is 0. The lowest BCUT2D eigenvalue weighted by Crippen LogP contribution is -2.49. The van der Waals surface area contributed by atoms with Crippen molar-refractivity contribution in [3.05, 3.63) is 53.8 Å². The molecule has 3 heterocycles. The van der Waals surface area contributed by atoms with E-state index in [2.05, 4.69) is 9.30 Å². The van der Waals surface area contributed by atoms with Gasteiger partial charge in [-0.05, 0) is 43.3 Å². The van der Waals surface area contributed by atoms with Crippen molar-refractivity contribution in [3.8, 4) is 0 Å². The number of ketones is 1. The molecule has 3 aliphatic rings. The van der Waals surface area contributed by atoms with Crippen LogP contribution in [-0.4, -0.2) is 74.2 Å². The third kappa shape index (κ3) is 4.09. The lowest BCUT2D eigenvalue weighted by molar-refractivity contribution is -0.127. The van der Waals surface area contributed by atoms with Crippen LogP contribution in [0, 0.1) is 0 Å². The molecule has 3 aliphatic heterocycles. The molecule has 0 spiro atoms. The molecule has 1 fully saturated rings. The molecule has 0 aromatic heterocycles. The smallest absolute Gasteiger partial charge is 0.256 e. The minimum Gasteiger partial charge on any atom is -0.368 e. The summed E-state index contributed by atoms with van der Waals surface area (Å²) >= 11 is 0. The molecule has 0 atom stereocenters. The number of piperazine rings is 1. The van der Waals surface area contributed by atoms with E-state index in [-0.39, 0.29) is 17.4 Å². The summed E-state index contributed by atoms with van der Waals surface area (Å²) in [5.41, 5.74) is 2.25. The van der Waals surface area contributed by atoms with E-state index in [1.54, 1.807) is 35.1 Å². The van der Waals surface area contributed by atoms with E-state index in [0.29, 0.717) is 49.7 Å². The predicted octanol–water partition coefficient (Wildman–Crippen LogP) is 1.04. The van der Waals surface area contributed by atoms with Gasteiger partial charge in [-0.25, -0.2) is 8.42 Å². The van der Waals surface area contributed by atoms with E-state index in [1.807, 2.05) is 24.3 Å². The fourth-order valence-corrected chi connectivity index (χ4v) is 4.55. The van der Waals surface area contributed by atoms with Gasteiger partial charge in [0.1, 0.15) is 5.84 Å². The molecule has 9 heteroatoms. The average Bonchev–Trinajstić information content (AvgIpc) is 2.72. The van der Waals surface area contributed by atoms with Gasteiger partial charge in [-0.3, -0.25) is 9.59 Å². The molecule has 8 nitrogen and oxygen atoms in total. The van der Waals surface area contributed by atoms with E-state index >= 15 is 0 Å². The fourth-order valence-electron chi connectivity index (χ4n) is 3.58. The summed E-state index contributed by atoms with van der Waals surface area (Å²) in [5, 5.41) is 0. The fraction of sp³-hybridized carbons (Fsp3) is 0.350. The Balaban J connectivity index is 1.39. The number of amidine groups is 1. The zero-order valence-electron chi connectivity index (χ0n) is 16.1. The maximum Gasteiger partial charge on any atom is 0.256 e. The highest BCUT2D eigenvalue weighted by Crippen LogP contribution is 2.21. The number of anilines is 1. The highest BCUT2D eigenvalue weighted by molar-refractivity contribution is 7.90. The molecule has 0 bridgehead atoms. The van der Waals surface area contributed by atoms with Crippen LogP contribution in [0.25, 0.3) is 0 Å². The molecular formula is C20H22N4O4S. The topological polar surface area (TPSA) is 90.4 Å². The van der Waals surface area contributed by atoms with E-state index in [1.165, 1.54) is 0 Å². The van der Waals surface area contributed by atoms with Crippen LogP contribution in [0.5, 0.6) is 0 Å². The highest BCUT2D eigenvalue weighted by atomic mass is 32.2. The molecule has 1 amide bonds. The van der Waals surface area contributed by atoms with Gasteiger partial charge < -0.3 is 14.7 Å². The number of amides is 1. The van der Waals surface area contributed by atoms with Crippen LogP contribution >= 0.6 is 0 Å². The minimum atomic E-state index is -3.41. The van der Waals surface area contributed by atoms with E-state index in [4.69, 9.17) is 0 Å². The summed E-state index contributed by atoms with van der Waals surface area (Å²) in [6.07, 6.45) is 4.89. The normalized spacial score (nSPS) is 20.7. The standard InChI is InChI=1S/C20H22N4O4S/c1-15(25)16-2-5-18(6-3-16)22-8-10-23(11-9-22)20(26)17-4-7-19-21-29(27,28)13-12-24(19)14-17/h2-7,14H,8-13H2,1H3. The quantitative estimate of drug-likeness (QED) is 0.687. The van der Waals surface area contributed by atoms with Crippen molar-refractivity contribution in [2.24, 2.45) is 4.40 Å². The van der Waals surface area contributed by atoms with Crippen molar-refractivity contribution >= 4 is 33.2 Å². The zero-order chi connectivity index (χ0) is 20.6. The Morgan fingerprint density at radius 2 is 1.66 bits per heavy atom. The van der Waals surface area contributed by atoms with E-state index < -0.39 is 10.0 Å². The second-order valence-electron chi connectivity index (χ2n) is 7.23. The summed E-state index contributed by atoms with van der Waals surface area (Å²) < 4.78 is 26.9. The average molecular weight is 414 g/mol. The van der Waals surface area contributed by atoms with Crippen molar-refractivity contribution in [1.29, 1.82) is 0 Å². The number of carbonyl (C=O) groups excluding carboxylic acids is 2. The Morgan fingerprint density at radius 1 is 0.966 bits per heavy atom. The van der Waals surface area contributed by atoms with Crippen LogP contribution in [0.4, 0.5) is 5.69 Å². The van der Waals surface area contributed by atoms with Crippen molar-refractivity contribution in [2.75, 3.05) is 43.4 Å². The lowest BCUT2D eigenvalue weighted by atomic mass is 10.1. The van der Waals surface area contributed by atoms with Crippen LogP contribution in [0.15, 0.2) is 52.6 Å². The largest absolute Gasteiger partial charge is 0.368 e. The SMILES string of the molecule is CC(=O)c1ccc(N2CCN(C(=O)C3=CN4CCS(=O)(=O)N=C4C=C3)CC2)cc1. The van der Waals surface area contributed by atoms with Crippen molar-refractivity contribution < 1.29 is 18.0 Å². The van der Waals surface area contributed by atoms with Gasteiger partial charge in [-0.15, -0.1) is 4.40 Å². The molecule has 1 saturated heterocycles. The van der Waals surface area contributed by atoms with Gasteiger partial charge in [0, 0.05) is 50.2 Å². The molecule has 1 aromatic carbocycles. The number of nitrogens with zero attached hydrogens (tertiary/aromatic N) is 4. The number of hydrogen-bond acceptors (Lipinski definition) is 6. The summed E-state index contributed by atoms with van der Waals surface area (Å²) in [6, 6.07) is 7.52. The first-order valence-corrected chi connectivity index (χ1v) is 11.1. The molecule has 0 N–H and O–H groups in total. The van der Waals surface area contributed by atoms with Gasteiger partial charge >= 0.3 is 0 Å². The molecule has 0 saturated carbocycles. The van der Waals surface area contributed by atoms with Crippen LogP contribution < -0.4 is 4.90 Å². The Kier molecular flexibility index (Phi) is 4.99.